The highest BCUT2D eigenvalue weighted by atomic mass is 32.2. The van der Waals surface area contributed by atoms with E-state index in [0.29, 0.717) is 10.3 Å². The van der Waals surface area contributed by atoms with Crippen LogP contribution in [0.15, 0.2) is 0 Å². The molecule has 0 aromatic rings. The maximum atomic E-state index is 3.91. The van der Waals surface area contributed by atoms with Crippen molar-refractivity contribution in [3.8, 4) is 0 Å². The second kappa shape index (κ2) is 5.13. The molecule has 0 radical (unpaired) electrons. The van der Waals surface area contributed by atoms with Crippen LogP contribution in [0.5, 0.6) is 0 Å². The summed E-state index contributed by atoms with van der Waals surface area (Å²) in [6, 6.07) is 0.774. The number of hydrogen-bond donors (Lipinski definition) is 1. The molecular weight excluding hydrogens is 226 g/mol. The van der Waals surface area contributed by atoms with Crippen LogP contribution >= 0.6 is 11.8 Å². The summed E-state index contributed by atoms with van der Waals surface area (Å²) in [5.41, 5.74) is 0.551. The van der Waals surface area contributed by atoms with Crippen molar-refractivity contribution in [2.24, 2.45) is 11.3 Å². The monoisotopic (exact) mass is 255 g/mol. The molecule has 1 nitrogen and oxygen atoms in total. The smallest absolute Gasteiger partial charge is 0.0648 e. The topological polar surface area (TPSA) is 12.0 Å². The summed E-state index contributed by atoms with van der Waals surface area (Å²) in [4.78, 5) is 0.459. The van der Waals surface area contributed by atoms with Gasteiger partial charge in [0.05, 0.1) is 4.87 Å². The maximum absolute atomic E-state index is 3.91. The third-order valence-corrected chi connectivity index (χ3v) is 6.98. The van der Waals surface area contributed by atoms with Crippen molar-refractivity contribution in [1.82, 2.24) is 5.32 Å². The lowest BCUT2D eigenvalue weighted by Gasteiger charge is -2.43. The van der Waals surface area contributed by atoms with E-state index >= 15 is 0 Å². The lowest BCUT2D eigenvalue weighted by molar-refractivity contribution is 0.128. The second-order valence-electron chi connectivity index (χ2n) is 6.67. The molecular formula is C15H29NS. The van der Waals surface area contributed by atoms with Crippen molar-refractivity contribution in [3.05, 3.63) is 0 Å². The first-order valence-electron chi connectivity index (χ1n) is 7.43. The largest absolute Gasteiger partial charge is 0.299 e. The van der Waals surface area contributed by atoms with Crippen molar-refractivity contribution >= 4 is 11.8 Å². The van der Waals surface area contributed by atoms with E-state index in [2.05, 4.69) is 44.8 Å². The van der Waals surface area contributed by atoms with E-state index in [1.165, 1.54) is 44.3 Å². The Morgan fingerprint density at radius 2 is 1.88 bits per heavy atom. The Bertz CT molecular complexity index is 254. The Hall–Kier alpha value is 0.310. The first-order valence-corrected chi connectivity index (χ1v) is 8.41. The summed E-state index contributed by atoms with van der Waals surface area (Å²) in [7, 11) is 0. The Kier molecular flexibility index (Phi) is 4.14. The number of rotatable bonds is 3. The highest BCUT2D eigenvalue weighted by Gasteiger charge is 2.43. The standard InChI is InChI=1S/C15H29NS/c1-5-13-11-17-15(16-13)9-7-12(8-10-15)14(3,4)6-2/h12-13,16H,5-11H2,1-4H3. The zero-order valence-electron chi connectivity index (χ0n) is 12.0. The molecule has 1 N–H and O–H groups in total. The van der Waals surface area contributed by atoms with Gasteiger partial charge in [-0.05, 0) is 43.4 Å². The van der Waals surface area contributed by atoms with Crippen LogP contribution in [0.1, 0.15) is 66.2 Å². The molecule has 1 aliphatic carbocycles. The zero-order valence-corrected chi connectivity index (χ0v) is 12.8. The van der Waals surface area contributed by atoms with Crippen molar-refractivity contribution < 1.29 is 0 Å². The number of thioether (sulfide) groups is 1. The molecule has 1 saturated heterocycles. The highest BCUT2D eigenvalue weighted by molar-refractivity contribution is 8.00. The Balaban J connectivity index is 1.90. The van der Waals surface area contributed by atoms with Crippen LogP contribution in [0, 0.1) is 11.3 Å². The molecule has 2 heteroatoms. The average molecular weight is 255 g/mol. The minimum absolute atomic E-state index is 0.459. The Morgan fingerprint density at radius 1 is 1.24 bits per heavy atom. The predicted octanol–water partition coefficient (Wildman–Crippen LogP) is 4.42. The van der Waals surface area contributed by atoms with Crippen molar-refractivity contribution in [2.75, 3.05) is 5.75 Å². The van der Waals surface area contributed by atoms with Gasteiger partial charge in [0.1, 0.15) is 0 Å². The van der Waals surface area contributed by atoms with Crippen LogP contribution in [-0.2, 0) is 0 Å². The van der Waals surface area contributed by atoms with E-state index in [9.17, 15) is 0 Å². The van der Waals surface area contributed by atoms with E-state index in [4.69, 9.17) is 0 Å². The fourth-order valence-corrected chi connectivity index (χ4v) is 4.99. The second-order valence-corrected chi connectivity index (χ2v) is 8.07. The van der Waals surface area contributed by atoms with E-state index < -0.39 is 0 Å². The first-order chi connectivity index (χ1) is 8.01. The average Bonchev–Trinajstić information content (AvgIpc) is 2.73. The molecule has 0 bridgehead atoms. The minimum atomic E-state index is 0.459. The first kappa shape index (κ1) is 13.7. The van der Waals surface area contributed by atoms with Crippen molar-refractivity contribution in [2.45, 2.75) is 77.1 Å². The molecule has 2 rings (SSSR count). The van der Waals surface area contributed by atoms with Gasteiger partial charge < -0.3 is 0 Å². The van der Waals surface area contributed by atoms with Gasteiger partial charge in [0.25, 0.3) is 0 Å². The number of hydrogen-bond acceptors (Lipinski definition) is 2. The van der Waals surface area contributed by atoms with E-state index in [1.807, 2.05) is 0 Å². The highest BCUT2D eigenvalue weighted by Crippen LogP contribution is 2.49. The van der Waals surface area contributed by atoms with E-state index in [-0.39, 0.29) is 0 Å². The van der Waals surface area contributed by atoms with Gasteiger partial charge in [-0.25, -0.2) is 0 Å². The molecule has 0 aromatic carbocycles. The zero-order chi connectivity index (χ0) is 12.5. The fourth-order valence-electron chi connectivity index (χ4n) is 3.38. The quantitative estimate of drug-likeness (QED) is 0.801. The van der Waals surface area contributed by atoms with Gasteiger partial charge in [-0.2, -0.15) is 0 Å². The van der Waals surface area contributed by atoms with Crippen LogP contribution < -0.4 is 5.32 Å². The summed E-state index contributed by atoms with van der Waals surface area (Å²) in [6.45, 7) is 9.57. The summed E-state index contributed by atoms with van der Waals surface area (Å²) < 4.78 is 0. The molecule has 1 unspecified atom stereocenters. The normalized spacial score (nSPS) is 38.8. The van der Waals surface area contributed by atoms with Gasteiger partial charge in [-0.1, -0.05) is 34.1 Å². The van der Waals surface area contributed by atoms with Crippen LogP contribution in [0.2, 0.25) is 0 Å². The summed E-state index contributed by atoms with van der Waals surface area (Å²) in [5, 5.41) is 3.91. The molecule has 17 heavy (non-hydrogen) atoms. The third kappa shape index (κ3) is 2.84. The molecule has 100 valence electrons. The van der Waals surface area contributed by atoms with E-state index in [1.54, 1.807) is 0 Å². The molecule has 2 aliphatic rings. The molecule has 1 aliphatic heterocycles. The number of nitrogens with one attached hydrogen (secondary N) is 1. The maximum Gasteiger partial charge on any atom is 0.0648 e. The van der Waals surface area contributed by atoms with Crippen molar-refractivity contribution in [1.29, 1.82) is 0 Å². The molecule has 1 heterocycles. The van der Waals surface area contributed by atoms with Gasteiger partial charge >= 0.3 is 0 Å². The van der Waals surface area contributed by atoms with Gasteiger partial charge in [0.2, 0.25) is 0 Å². The van der Waals surface area contributed by atoms with E-state index in [0.717, 1.165) is 12.0 Å². The van der Waals surface area contributed by atoms with Gasteiger partial charge in [-0.15, -0.1) is 11.8 Å². The molecule has 2 fully saturated rings. The van der Waals surface area contributed by atoms with Crippen LogP contribution in [0.25, 0.3) is 0 Å². The predicted molar refractivity (Wildman–Crippen MR) is 78.4 cm³/mol. The van der Waals surface area contributed by atoms with Crippen molar-refractivity contribution in [3.63, 3.8) is 0 Å². The summed E-state index contributed by atoms with van der Waals surface area (Å²) in [6.07, 6.45) is 8.25. The van der Waals surface area contributed by atoms with Crippen LogP contribution in [0.3, 0.4) is 0 Å². The summed E-state index contributed by atoms with van der Waals surface area (Å²) in [5.74, 6) is 2.28. The lowest BCUT2D eigenvalue weighted by atomic mass is 9.68. The van der Waals surface area contributed by atoms with Gasteiger partial charge in [-0.3, -0.25) is 5.32 Å². The third-order valence-electron chi connectivity index (χ3n) is 5.33. The SMILES string of the molecule is CCC1CSC2(CCC(C(C)(C)CC)CC2)N1. The summed E-state index contributed by atoms with van der Waals surface area (Å²) >= 11 is 2.21. The Morgan fingerprint density at radius 3 is 2.35 bits per heavy atom. The Labute approximate surface area is 112 Å². The van der Waals surface area contributed by atoms with Gasteiger partial charge in [0.15, 0.2) is 0 Å². The van der Waals surface area contributed by atoms with Crippen LogP contribution in [0.4, 0.5) is 0 Å². The molecule has 1 atom stereocenters. The minimum Gasteiger partial charge on any atom is -0.299 e. The molecule has 1 spiro atoms. The molecule has 0 aromatic heterocycles. The molecule has 0 amide bonds. The fraction of sp³-hybridized carbons (Fsp3) is 1.00. The lowest BCUT2D eigenvalue weighted by Crippen LogP contribution is -2.45. The molecule has 1 saturated carbocycles. The van der Waals surface area contributed by atoms with Crippen LogP contribution in [-0.4, -0.2) is 16.7 Å². The van der Waals surface area contributed by atoms with Gasteiger partial charge in [0, 0.05) is 11.8 Å².